The third-order valence-corrected chi connectivity index (χ3v) is 3.14. The number of aliphatic hydroxyl groups is 1. The second-order valence-corrected chi connectivity index (χ2v) is 4.58. The fourth-order valence-corrected chi connectivity index (χ4v) is 1.82. The molecule has 4 nitrogen and oxygen atoms in total. The summed E-state index contributed by atoms with van der Waals surface area (Å²) in [5.74, 6) is 0.950. The molecular formula is C12H22ClN3O. The Morgan fingerprint density at radius 3 is 2.82 bits per heavy atom. The van der Waals surface area contributed by atoms with Gasteiger partial charge >= 0.3 is 0 Å². The standard InChI is InChI=1S/C12H22ClN3O/c1-3-5-6-11-15-10(12(13)16-11)7-14-9(4-2)8-17/h9,14,17H,3-8H2,1-2H3,(H,15,16). The summed E-state index contributed by atoms with van der Waals surface area (Å²) >= 11 is 6.05. The van der Waals surface area contributed by atoms with Crippen LogP contribution in [0.3, 0.4) is 0 Å². The Hall–Kier alpha value is -0.580. The third kappa shape index (κ3) is 4.66. The molecule has 1 rings (SSSR count). The highest BCUT2D eigenvalue weighted by Gasteiger charge is 2.10. The lowest BCUT2D eigenvalue weighted by Gasteiger charge is -2.12. The lowest BCUT2D eigenvalue weighted by molar-refractivity contribution is 0.238. The summed E-state index contributed by atoms with van der Waals surface area (Å²) in [7, 11) is 0. The van der Waals surface area contributed by atoms with Crippen molar-refractivity contribution in [1.82, 2.24) is 15.3 Å². The van der Waals surface area contributed by atoms with E-state index in [4.69, 9.17) is 16.7 Å². The highest BCUT2D eigenvalue weighted by atomic mass is 35.5. The molecule has 0 aliphatic carbocycles. The van der Waals surface area contributed by atoms with Gasteiger partial charge in [0, 0.05) is 19.0 Å². The number of hydrogen-bond donors (Lipinski definition) is 3. The summed E-state index contributed by atoms with van der Waals surface area (Å²) in [5.41, 5.74) is 0.907. The summed E-state index contributed by atoms with van der Waals surface area (Å²) in [5, 5.41) is 12.9. The fourth-order valence-electron chi connectivity index (χ4n) is 1.60. The first kappa shape index (κ1) is 14.5. The molecule has 1 heterocycles. The summed E-state index contributed by atoms with van der Waals surface area (Å²) in [6, 6.07) is 0.119. The Balaban J connectivity index is 2.50. The number of rotatable bonds is 8. The third-order valence-electron chi connectivity index (χ3n) is 2.83. The average molecular weight is 260 g/mol. The van der Waals surface area contributed by atoms with Crippen LogP contribution in [-0.4, -0.2) is 27.7 Å². The molecule has 0 spiro atoms. The van der Waals surface area contributed by atoms with Crippen molar-refractivity contribution in [2.24, 2.45) is 0 Å². The molecule has 3 N–H and O–H groups in total. The molecule has 5 heteroatoms. The Bertz CT molecular complexity index is 324. The predicted molar refractivity (Wildman–Crippen MR) is 70.2 cm³/mol. The van der Waals surface area contributed by atoms with Crippen molar-refractivity contribution in [1.29, 1.82) is 0 Å². The van der Waals surface area contributed by atoms with E-state index in [0.717, 1.165) is 37.2 Å². The number of hydrogen-bond acceptors (Lipinski definition) is 3. The van der Waals surface area contributed by atoms with Crippen LogP contribution >= 0.6 is 11.6 Å². The number of aryl methyl sites for hydroxylation is 1. The predicted octanol–water partition coefficient (Wildman–Crippen LogP) is 2.27. The molecular weight excluding hydrogens is 238 g/mol. The Labute approximate surface area is 108 Å². The number of aromatic amines is 1. The van der Waals surface area contributed by atoms with Gasteiger partial charge in [-0.05, 0) is 12.8 Å². The monoisotopic (exact) mass is 259 g/mol. The van der Waals surface area contributed by atoms with Gasteiger partial charge in [0.15, 0.2) is 5.15 Å². The van der Waals surface area contributed by atoms with E-state index in [1.807, 2.05) is 6.92 Å². The van der Waals surface area contributed by atoms with Crippen molar-refractivity contribution < 1.29 is 5.11 Å². The summed E-state index contributed by atoms with van der Waals surface area (Å²) in [6.45, 7) is 4.96. The van der Waals surface area contributed by atoms with Gasteiger partial charge in [-0.15, -0.1) is 0 Å². The van der Waals surface area contributed by atoms with Gasteiger partial charge in [0.25, 0.3) is 0 Å². The van der Waals surface area contributed by atoms with Crippen molar-refractivity contribution >= 4 is 11.6 Å². The number of halogens is 1. The number of unbranched alkanes of at least 4 members (excludes halogenated alkanes) is 1. The van der Waals surface area contributed by atoms with Crippen LogP contribution in [0.1, 0.15) is 44.6 Å². The molecule has 0 saturated carbocycles. The molecule has 17 heavy (non-hydrogen) atoms. The Morgan fingerprint density at radius 2 is 2.24 bits per heavy atom. The zero-order valence-electron chi connectivity index (χ0n) is 10.6. The van der Waals surface area contributed by atoms with Crippen molar-refractivity contribution in [3.8, 4) is 0 Å². The average Bonchev–Trinajstić information content (AvgIpc) is 2.69. The van der Waals surface area contributed by atoms with E-state index in [1.54, 1.807) is 0 Å². The van der Waals surface area contributed by atoms with E-state index in [1.165, 1.54) is 0 Å². The quantitative estimate of drug-likeness (QED) is 0.671. The minimum absolute atomic E-state index is 0.119. The first-order valence-electron chi connectivity index (χ1n) is 6.28. The van der Waals surface area contributed by atoms with E-state index in [2.05, 4.69) is 22.2 Å². The van der Waals surface area contributed by atoms with Crippen LogP contribution in [0.15, 0.2) is 0 Å². The molecule has 0 amide bonds. The molecule has 98 valence electrons. The lowest BCUT2D eigenvalue weighted by atomic mass is 10.2. The number of nitrogens with zero attached hydrogens (tertiary/aromatic N) is 1. The van der Waals surface area contributed by atoms with Gasteiger partial charge in [-0.1, -0.05) is 31.9 Å². The van der Waals surface area contributed by atoms with Gasteiger partial charge in [0.2, 0.25) is 0 Å². The molecule has 1 atom stereocenters. The van der Waals surface area contributed by atoms with Crippen LogP contribution in [0.4, 0.5) is 0 Å². The van der Waals surface area contributed by atoms with Crippen molar-refractivity contribution in [3.05, 3.63) is 16.7 Å². The Kier molecular flexibility index (Phi) is 6.55. The zero-order valence-corrected chi connectivity index (χ0v) is 11.3. The molecule has 0 aromatic carbocycles. The maximum absolute atomic E-state index is 9.07. The van der Waals surface area contributed by atoms with E-state index in [-0.39, 0.29) is 12.6 Å². The zero-order chi connectivity index (χ0) is 12.7. The van der Waals surface area contributed by atoms with Crippen molar-refractivity contribution in [3.63, 3.8) is 0 Å². The number of aliphatic hydroxyl groups excluding tert-OH is 1. The Morgan fingerprint density at radius 1 is 1.47 bits per heavy atom. The summed E-state index contributed by atoms with van der Waals surface area (Å²) in [6.07, 6.45) is 4.09. The molecule has 1 aromatic rings. The van der Waals surface area contributed by atoms with E-state index < -0.39 is 0 Å². The van der Waals surface area contributed by atoms with Crippen LogP contribution in [0.2, 0.25) is 5.15 Å². The van der Waals surface area contributed by atoms with Crippen LogP contribution < -0.4 is 5.32 Å². The van der Waals surface area contributed by atoms with E-state index >= 15 is 0 Å². The second kappa shape index (κ2) is 7.69. The molecule has 0 fully saturated rings. The number of nitrogens with one attached hydrogen (secondary N) is 2. The minimum Gasteiger partial charge on any atom is -0.395 e. The molecule has 0 aliphatic rings. The van der Waals surface area contributed by atoms with Crippen LogP contribution in [-0.2, 0) is 13.0 Å². The normalized spacial score (nSPS) is 12.9. The van der Waals surface area contributed by atoms with Crippen molar-refractivity contribution in [2.45, 2.75) is 52.1 Å². The van der Waals surface area contributed by atoms with Crippen molar-refractivity contribution in [2.75, 3.05) is 6.61 Å². The SMILES string of the molecule is CCCCc1nc(Cl)c(CNC(CC)CO)[nH]1. The van der Waals surface area contributed by atoms with Gasteiger partial charge in [0.1, 0.15) is 5.82 Å². The molecule has 0 radical (unpaired) electrons. The fraction of sp³-hybridized carbons (Fsp3) is 0.750. The van der Waals surface area contributed by atoms with Gasteiger partial charge in [0.05, 0.1) is 12.3 Å². The molecule has 0 aliphatic heterocycles. The molecule has 0 bridgehead atoms. The molecule has 0 saturated heterocycles. The van der Waals surface area contributed by atoms with Gasteiger partial charge in [-0.25, -0.2) is 4.98 Å². The summed E-state index contributed by atoms with van der Waals surface area (Å²) in [4.78, 5) is 7.52. The van der Waals surface area contributed by atoms with Crippen LogP contribution in [0.25, 0.3) is 0 Å². The van der Waals surface area contributed by atoms with Gasteiger partial charge in [-0.3, -0.25) is 0 Å². The van der Waals surface area contributed by atoms with Gasteiger partial charge in [-0.2, -0.15) is 0 Å². The highest BCUT2D eigenvalue weighted by molar-refractivity contribution is 6.30. The smallest absolute Gasteiger partial charge is 0.151 e. The second-order valence-electron chi connectivity index (χ2n) is 4.23. The van der Waals surface area contributed by atoms with E-state index in [9.17, 15) is 0 Å². The molecule has 1 aromatic heterocycles. The summed E-state index contributed by atoms with van der Waals surface area (Å²) < 4.78 is 0. The van der Waals surface area contributed by atoms with E-state index in [0.29, 0.717) is 11.7 Å². The topological polar surface area (TPSA) is 60.9 Å². The largest absolute Gasteiger partial charge is 0.395 e. The van der Waals surface area contributed by atoms with Crippen LogP contribution in [0.5, 0.6) is 0 Å². The van der Waals surface area contributed by atoms with Crippen LogP contribution in [0, 0.1) is 0 Å². The lowest BCUT2D eigenvalue weighted by Crippen LogP contribution is -2.31. The molecule has 1 unspecified atom stereocenters. The first-order valence-corrected chi connectivity index (χ1v) is 6.66. The number of imidazole rings is 1. The maximum atomic E-state index is 9.07. The maximum Gasteiger partial charge on any atom is 0.151 e. The highest BCUT2D eigenvalue weighted by Crippen LogP contribution is 2.14. The number of aromatic nitrogens is 2. The van der Waals surface area contributed by atoms with Gasteiger partial charge < -0.3 is 15.4 Å². The number of H-pyrrole nitrogens is 1. The minimum atomic E-state index is 0.119. The first-order chi connectivity index (χ1) is 8.21.